The van der Waals surface area contributed by atoms with Gasteiger partial charge in [-0.3, -0.25) is 4.79 Å². The van der Waals surface area contributed by atoms with E-state index in [9.17, 15) is 9.59 Å². The Kier molecular flexibility index (Phi) is 4.94. The van der Waals surface area contributed by atoms with Crippen molar-refractivity contribution < 1.29 is 14.3 Å². The van der Waals surface area contributed by atoms with Gasteiger partial charge in [0.2, 0.25) is 5.78 Å². The molecule has 0 fully saturated rings. The van der Waals surface area contributed by atoms with E-state index in [-0.39, 0.29) is 12.4 Å². The molecule has 0 saturated heterocycles. The minimum atomic E-state index is -0.511. The molecule has 22 heavy (non-hydrogen) atoms. The lowest BCUT2D eigenvalue weighted by Crippen LogP contribution is -2.16. The molecule has 2 aromatic carbocycles. The highest BCUT2D eigenvalue weighted by molar-refractivity contribution is 6.01. The first kappa shape index (κ1) is 15.8. The van der Waals surface area contributed by atoms with Gasteiger partial charge in [-0.25, -0.2) is 4.79 Å². The Morgan fingerprint density at radius 2 is 1.77 bits per heavy atom. The van der Waals surface area contributed by atoms with Crippen LogP contribution in [-0.2, 0) is 4.74 Å². The molecular weight excluding hydrogens is 278 g/mol. The van der Waals surface area contributed by atoms with Crippen molar-refractivity contribution in [1.29, 1.82) is 0 Å². The molecule has 2 rings (SSSR count). The molecule has 4 nitrogen and oxygen atoms in total. The van der Waals surface area contributed by atoms with E-state index in [1.807, 2.05) is 38.1 Å². The average molecular weight is 297 g/mol. The van der Waals surface area contributed by atoms with Crippen LogP contribution in [0.15, 0.2) is 42.5 Å². The number of Topliss-reactive ketones (excluding diaryl/α,β-unsaturated/α-hetero) is 1. The first-order valence-corrected chi connectivity index (χ1v) is 7.07. The molecule has 0 atom stereocenters. The highest BCUT2D eigenvalue weighted by Crippen LogP contribution is 2.16. The standard InChI is InChI=1S/C18H19NO3/c1-12-8-9-13(2)15(10-12)17(20)11-22-18(21)14-6-4-5-7-16(14)19-3/h4-10,19H,11H2,1-3H3. The number of benzene rings is 2. The maximum Gasteiger partial charge on any atom is 0.340 e. The number of nitrogens with one attached hydrogen (secondary N) is 1. The summed E-state index contributed by atoms with van der Waals surface area (Å²) in [5.41, 5.74) is 3.56. The van der Waals surface area contributed by atoms with Gasteiger partial charge in [0.25, 0.3) is 0 Å². The van der Waals surface area contributed by atoms with Crippen molar-refractivity contribution in [2.75, 3.05) is 19.0 Å². The summed E-state index contributed by atoms with van der Waals surface area (Å²) in [7, 11) is 1.73. The Hall–Kier alpha value is -2.62. The first-order valence-electron chi connectivity index (χ1n) is 7.07. The van der Waals surface area contributed by atoms with E-state index in [1.165, 1.54) is 0 Å². The van der Waals surface area contributed by atoms with Gasteiger partial charge < -0.3 is 10.1 Å². The van der Waals surface area contributed by atoms with Crippen LogP contribution in [0.2, 0.25) is 0 Å². The van der Waals surface area contributed by atoms with E-state index in [4.69, 9.17) is 4.74 Å². The molecule has 0 aromatic heterocycles. The van der Waals surface area contributed by atoms with Crippen LogP contribution in [0.4, 0.5) is 5.69 Å². The number of ketones is 1. The van der Waals surface area contributed by atoms with Crippen LogP contribution in [0.3, 0.4) is 0 Å². The molecular formula is C18H19NO3. The number of hydrogen-bond donors (Lipinski definition) is 1. The third kappa shape index (κ3) is 3.52. The van der Waals surface area contributed by atoms with Crippen LogP contribution in [0, 0.1) is 13.8 Å². The largest absolute Gasteiger partial charge is 0.454 e. The maximum atomic E-state index is 12.2. The summed E-state index contributed by atoms with van der Waals surface area (Å²) < 4.78 is 5.15. The second-order valence-electron chi connectivity index (χ2n) is 5.11. The SMILES string of the molecule is CNc1ccccc1C(=O)OCC(=O)c1cc(C)ccc1C. The van der Waals surface area contributed by atoms with Gasteiger partial charge in [-0.05, 0) is 37.6 Å². The van der Waals surface area contributed by atoms with Gasteiger partial charge >= 0.3 is 5.97 Å². The van der Waals surface area contributed by atoms with E-state index in [0.29, 0.717) is 16.8 Å². The fraction of sp³-hybridized carbons (Fsp3) is 0.222. The second kappa shape index (κ2) is 6.89. The van der Waals surface area contributed by atoms with Gasteiger partial charge in [0.1, 0.15) is 0 Å². The number of carbonyl (C=O) groups is 2. The van der Waals surface area contributed by atoms with Crippen LogP contribution < -0.4 is 5.32 Å². The van der Waals surface area contributed by atoms with Crippen molar-refractivity contribution >= 4 is 17.4 Å². The van der Waals surface area contributed by atoms with E-state index in [1.54, 1.807) is 25.2 Å². The van der Waals surface area contributed by atoms with Crippen LogP contribution in [0.5, 0.6) is 0 Å². The molecule has 0 aliphatic rings. The Morgan fingerprint density at radius 3 is 2.50 bits per heavy atom. The summed E-state index contributed by atoms with van der Waals surface area (Å²) in [5, 5.41) is 2.93. The number of rotatable bonds is 5. The molecule has 114 valence electrons. The lowest BCUT2D eigenvalue weighted by molar-refractivity contribution is 0.0475. The van der Waals surface area contributed by atoms with Crippen molar-refractivity contribution in [1.82, 2.24) is 0 Å². The zero-order valence-corrected chi connectivity index (χ0v) is 13.0. The quantitative estimate of drug-likeness (QED) is 0.679. The molecule has 2 aromatic rings. The molecule has 4 heteroatoms. The van der Waals surface area contributed by atoms with Gasteiger partial charge in [0, 0.05) is 18.3 Å². The van der Waals surface area contributed by atoms with Gasteiger partial charge in [-0.2, -0.15) is 0 Å². The first-order chi connectivity index (χ1) is 10.5. The number of aryl methyl sites for hydroxylation is 2. The third-order valence-electron chi connectivity index (χ3n) is 3.44. The number of hydrogen-bond acceptors (Lipinski definition) is 4. The van der Waals surface area contributed by atoms with Crippen LogP contribution >= 0.6 is 0 Å². The number of para-hydroxylation sites is 1. The summed E-state index contributed by atoms with van der Waals surface area (Å²) in [6.45, 7) is 3.53. The molecule has 0 aliphatic carbocycles. The van der Waals surface area contributed by atoms with Crippen molar-refractivity contribution in [3.63, 3.8) is 0 Å². The molecule has 0 bridgehead atoms. The second-order valence-corrected chi connectivity index (χ2v) is 5.11. The Labute approximate surface area is 130 Å². The average Bonchev–Trinajstić information content (AvgIpc) is 2.54. The predicted octanol–water partition coefficient (Wildman–Crippen LogP) is 3.38. The van der Waals surface area contributed by atoms with Gasteiger partial charge in [0.15, 0.2) is 6.61 Å². The lowest BCUT2D eigenvalue weighted by Gasteiger charge is -2.10. The van der Waals surface area contributed by atoms with Crippen molar-refractivity contribution in [3.05, 3.63) is 64.7 Å². The number of carbonyl (C=O) groups excluding carboxylic acids is 2. The van der Waals surface area contributed by atoms with Gasteiger partial charge in [0.05, 0.1) is 5.56 Å². The topological polar surface area (TPSA) is 55.4 Å². The third-order valence-corrected chi connectivity index (χ3v) is 3.44. The van der Waals surface area contributed by atoms with E-state index < -0.39 is 5.97 Å². The zero-order valence-electron chi connectivity index (χ0n) is 13.0. The van der Waals surface area contributed by atoms with Crippen molar-refractivity contribution in [3.8, 4) is 0 Å². The summed E-state index contributed by atoms with van der Waals surface area (Å²) >= 11 is 0. The lowest BCUT2D eigenvalue weighted by atomic mass is 10.0. The molecule has 0 amide bonds. The molecule has 0 heterocycles. The molecule has 1 N–H and O–H groups in total. The number of anilines is 1. The Bertz CT molecular complexity index is 707. The molecule has 0 spiro atoms. The molecule has 0 radical (unpaired) electrons. The smallest absolute Gasteiger partial charge is 0.340 e. The highest BCUT2D eigenvalue weighted by atomic mass is 16.5. The maximum absolute atomic E-state index is 12.2. The Morgan fingerprint density at radius 1 is 1.05 bits per heavy atom. The predicted molar refractivity (Wildman–Crippen MR) is 86.5 cm³/mol. The summed E-state index contributed by atoms with van der Waals surface area (Å²) in [6.07, 6.45) is 0. The molecule has 0 saturated carbocycles. The van der Waals surface area contributed by atoms with E-state index >= 15 is 0 Å². The zero-order chi connectivity index (χ0) is 16.1. The number of ether oxygens (including phenoxy) is 1. The minimum Gasteiger partial charge on any atom is -0.454 e. The van der Waals surface area contributed by atoms with E-state index in [2.05, 4.69) is 5.32 Å². The minimum absolute atomic E-state index is 0.198. The fourth-order valence-electron chi connectivity index (χ4n) is 2.20. The Balaban J connectivity index is 2.08. The van der Waals surface area contributed by atoms with Gasteiger partial charge in [-0.1, -0.05) is 29.8 Å². The molecule has 0 aliphatic heterocycles. The van der Waals surface area contributed by atoms with E-state index in [0.717, 1.165) is 11.1 Å². The number of esters is 1. The van der Waals surface area contributed by atoms with Crippen molar-refractivity contribution in [2.24, 2.45) is 0 Å². The van der Waals surface area contributed by atoms with Gasteiger partial charge in [-0.15, -0.1) is 0 Å². The molecule has 0 unspecified atom stereocenters. The highest BCUT2D eigenvalue weighted by Gasteiger charge is 2.15. The van der Waals surface area contributed by atoms with Crippen LogP contribution in [0.25, 0.3) is 0 Å². The summed E-state index contributed by atoms with van der Waals surface area (Å²) in [6, 6.07) is 12.7. The van der Waals surface area contributed by atoms with Crippen LogP contribution in [0.1, 0.15) is 31.8 Å². The summed E-state index contributed by atoms with van der Waals surface area (Å²) in [5.74, 6) is -0.708. The van der Waals surface area contributed by atoms with Crippen molar-refractivity contribution in [2.45, 2.75) is 13.8 Å². The normalized spacial score (nSPS) is 10.1. The van der Waals surface area contributed by atoms with Crippen LogP contribution in [-0.4, -0.2) is 25.4 Å². The monoisotopic (exact) mass is 297 g/mol. The summed E-state index contributed by atoms with van der Waals surface area (Å²) in [4.78, 5) is 24.3. The fourth-order valence-corrected chi connectivity index (χ4v) is 2.20.